The summed E-state index contributed by atoms with van der Waals surface area (Å²) in [7, 11) is 0. The summed E-state index contributed by atoms with van der Waals surface area (Å²) in [5, 5.41) is 20.8. The molecule has 100 heavy (non-hydrogen) atoms. The average molecular weight is 1390 g/mol. The molecule has 9 rings (SSSR count). The minimum atomic E-state index is -5.00. The fourth-order valence-electron chi connectivity index (χ4n) is 10.1. The van der Waals surface area contributed by atoms with Crippen molar-refractivity contribution in [3.05, 3.63) is 216 Å². The zero-order valence-electron chi connectivity index (χ0n) is 57.2. The van der Waals surface area contributed by atoms with Crippen molar-refractivity contribution < 1.29 is 82.7 Å². The maximum atomic E-state index is 15.2. The number of halogens is 6. The second-order valence-corrected chi connectivity index (χ2v) is 25.5. The first-order valence-corrected chi connectivity index (χ1v) is 32.1. The third-order valence-corrected chi connectivity index (χ3v) is 15.1. The van der Waals surface area contributed by atoms with Crippen LogP contribution in [0, 0.1) is 13.8 Å². The number of aryl methyl sites for hydroxylation is 2. The largest absolute Gasteiger partial charge is 0.472 e. The summed E-state index contributed by atoms with van der Waals surface area (Å²) in [6.07, 6.45) is -8.83. The third-order valence-electron chi connectivity index (χ3n) is 15.1. The monoisotopic (exact) mass is 1390 g/mol. The van der Waals surface area contributed by atoms with Gasteiger partial charge in [-0.2, -0.15) is 26.3 Å². The molecule has 4 aromatic carbocycles. The molecule has 0 aliphatic carbocycles. The molecule has 26 heteroatoms. The number of aromatic nitrogens is 6. The Morgan fingerprint density at radius 1 is 0.650 bits per heavy atom. The fraction of sp³-hybridized carbons (Fsp3) is 0.378. The molecule has 532 valence electrons. The Kier molecular flexibility index (Phi) is 25.4. The minimum absolute atomic E-state index is 0.0338. The Morgan fingerprint density at radius 2 is 1.16 bits per heavy atom. The van der Waals surface area contributed by atoms with Crippen LogP contribution >= 0.6 is 0 Å². The van der Waals surface area contributed by atoms with Gasteiger partial charge in [-0.25, -0.2) is 19.6 Å². The number of ether oxygens (including phenoxy) is 8. The predicted molar refractivity (Wildman–Crippen MR) is 360 cm³/mol. The van der Waals surface area contributed by atoms with E-state index in [1.165, 1.54) is 12.1 Å². The number of rotatable bonds is 23. The zero-order chi connectivity index (χ0) is 72.5. The quantitative estimate of drug-likeness (QED) is 0.0447. The number of pyridine rings is 2. The van der Waals surface area contributed by atoms with E-state index in [1.807, 2.05) is 60.7 Å². The van der Waals surface area contributed by atoms with E-state index in [1.54, 1.807) is 148 Å². The van der Waals surface area contributed by atoms with Gasteiger partial charge in [-0.1, -0.05) is 146 Å². The molecule has 6 atom stereocenters. The molecule has 0 spiro atoms. The van der Waals surface area contributed by atoms with Crippen molar-refractivity contribution in [2.24, 2.45) is 0 Å². The van der Waals surface area contributed by atoms with Crippen LogP contribution in [-0.4, -0.2) is 90.5 Å². The Labute approximate surface area is 576 Å². The summed E-state index contributed by atoms with van der Waals surface area (Å²) in [5.74, 6) is -2.30. The van der Waals surface area contributed by atoms with Gasteiger partial charge >= 0.3 is 24.5 Å². The van der Waals surface area contributed by atoms with Crippen molar-refractivity contribution in [2.75, 3.05) is 10.6 Å². The predicted octanol–water partition coefficient (Wildman–Crippen LogP) is 17.7. The van der Waals surface area contributed by atoms with E-state index in [-0.39, 0.29) is 47.6 Å². The number of benzene rings is 4. The lowest BCUT2D eigenvalue weighted by Gasteiger charge is -2.32. The highest BCUT2D eigenvalue weighted by Gasteiger charge is 2.62. The lowest BCUT2D eigenvalue weighted by Crippen LogP contribution is -2.45. The molecule has 0 radical (unpaired) electrons. The molecule has 4 bridgehead atoms. The Morgan fingerprint density at radius 3 is 1.69 bits per heavy atom. The van der Waals surface area contributed by atoms with Crippen molar-refractivity contribution in [3.8, 4) is 34.9 Å². The summed E-state index contributed by atoms with van der Waals surface area (Å²) in [6.45, 7) is 24.3. The molecule has 0 fully saturated rings. The summed E-state index contributed by atoms with van der Waals surface area (Å²) in [5.41, 5.74) is -4.02. The maximum absolute atomic E-state index is 15.2. The molecule has 8 aromatic rings. The van der Waals surface area contributed by atoms with Crippen LogP contribution in [0.5, 0.6) is 11.8 Å². The number of hydrogen-bond acceptors (Lipinski definition) is 18. The van der Waals surface area contributed by atoms with Gasteiger partial charge in [-0.05, 0) is 116 Å². The van der Waals surface area contributed by atoms with Crippen molar-refractivity contribution in [3.63, 3.8) is 0 Å². The SMILES string of the molecule is C=CCC(OCc1ccccc1)[C@@H](C)Oc1nc(-c2nnc([C@@](CC=C)(OCc3ccccc3)C(F)(F)F)o2)c(NC(=O)OC(C)(C)C)cc1C.Cc1cc(NC(=O)OC(C)(C)C)c2nc1O[C@H](C)C(OCc1ccccc1)CC=CC[C@](OCc1ccccc1)(C(F)(F)F)c1nnc-2o1. The van der Waals surface area contributed by atoms with E-state index >= 15 is 13.2 Å². The highest BCUT2D eigenvalue weighted by molar-refractivity contribution is 5.90. The molecular formula is C74H82F6N8O12. The van der Waals surface area contributed by atoms with Crippen LogP contribution in [0.1, 0.15) is 126 Å². The molecule has 1 aliphatic rings. The molecule has 2 N–H and O–H groups in total. The number of fused-ring (bicyclic) bond motifs is 5. The molecule has 0 saturated heterocycles. The zero-order valence-corrected chi connectivity index (χ0v) is 57.2. The van der Waals surface area contributed by atoms with Gasteiger partial charge in [-0.3, -0.25) is 10.6 Å². The van der Waals surface area contributed by atoms with Crippen molar-refractivity contribution in [1.29, 1.82) is 0 Å². The maximum Gasteiger partial charge on any atom is 0.426 e. The number of anilines is 2. The first kappa shape index (κ1) is 76.0. The van der Waals surface area contributed by atoms with Gasteiger partial charge in [0.1, 0.15) is 23.4 Å². The van der Waals surface area contributed by atoms with Crippen molar-refractivity contribution in [2.45, 2.75) is 181 Å². The van der Waals surface area contributed by atoms with E-state index in [9.17, 15) is 22.8 Å². The fourth-order valence-corrected chi connectivity index (χ4v) is 10.1. The van der Waals surface area contributed by atoms with Gasteiger partial charge in [0.2, 0.25) is 23.0 Å². The second-order valence-electron chi connectivity index (χ2n) is 25.5. The van der Waals surface area contributed by atoms with Gasteiger partial charge in [-0.15, -0.1) is 33.6 Å². The minimum Gasteiger partial charge on any atom is -0.472 e. The summed E-state index contributed by atoms with van der Waals surface area (Å²) < 4.78 is 149. The Balaban J connectivity index is 0.000000255. The van der Waals surface area contributed by atoms with Gasteiger partial charge < -0.3 is 46.7 Å². The molecular weight excluding hydrogens is 1310 g/mol. The Bertz CT molecular complexity index is 4020. The molecule has 5 heterocycles. The average Bonchev–Trinajstić information content (AvgIpc) is 1.54. The number of carbonyl (C=O) groups excluding carboxylic acids is 2. The highest BCUT2D eigenvalue weighted by atomic mass is 19.4. The van der Waals surface area contributed by atoms with Crippen LogP contribution in [0.3, 0.4) is 0 Å². The number of carbonyl (C=O) groups is 2. The van der Waals surface area contributed by atoms with Crippen LogP contribution < -0.4 is 20.1 Å². The first-order valence-electron chi connectivity index (χ1n) is 32.1. The Hall–Kier alpha value is -9.76. The van der Waals surface area contributed by atoms with Crippen molar-refractivity contribution in [1.82, 2.24) is 30.4 Å². The van der Waals surface area contributed by atoms with Gasteiger partial charge in [0, 0.05) is 24.0 Å². The number of nitrogens with zero attached hydrogens (tertiary/aromatic N) is 6. The van der Waals surface area contributed by atoms with E-state index in [4.69, 9.17) is 46.7 Å². The molecule has 2 amide bonds. The van der Waals surface area contributed by atoms with Crippen LogP contribution in [-0.2, 0) is 66.1 Å². The summed E-state index contributed by atoms with van der Waals surface area (Å²) in [4.78, 5) is 34.8. The molecule has 2 unspecified atom stereocenters. The van der Waals surface area contributed by atoms with Crippen LogP contribution in [0.2, 0.25) is 0 Å². The lowest BCUT2D eigenvalue weighted by atomic mass is 9.97. The number of hydrogen-bond donors (Lipinski definition) is 2. The lowest BCUT2D eigenvalue weighted by molar-refractivity contribution is -0.296. The summed E-state index contributed by atoms with van der Waals surface area (Å²) in [6, 6.07) is 39.1. The van der Waals surface area contributed by atoms with E-state index in [0.29, 0.717) is 35.3 Å². The molecule has 1 aliphatic heterocycles. The van der Waals surface area contributed by atoms with Gasteiger partial charge in [0.25, 0.3) is 23.6 Å². The highest BCUT2D eigenvalue weighted by Crippen LogP contribution is 2.48. The number of alkyl halides is 6. The van der Waals surface area contributed by atoms with Crippen LogP contribution in [0.25, 0.3) is 23.2 Å². The van der Waals surface area contributed by atoms with Gasteiger partial charge in [0.05, 0.1) is 50.0 Å². The number of amides is 2. The molecule has 4 aromatic heterocycles. The standard InChI is InChI=1S/C38H43F3N4O6.C36H39F3N4O6/c1-8-16-30(47-23-27-17-12-10-13-18-27)26(4)49-32-25(3)22-29(42-35(46)51-36(5,6)7)31(43-32)33-44-45-34(50-33)37(21-9-2,38(39,40)41)48-24-28-19-14-11-15-20-28;1-23-20-27(40-33(44)49-34(3,4)5)29-31-42-43-32(48-31)35(36(37,38)39,46-22-26-16-10-7-11-17-26)19-13-12-18-28(24(2)47-30(23)41-29)45-21-25-14-8-6-9-15-25/h8-15,17-20,22,26,30H,1-2,16,21,23-24H2,3-7H3,(H,42,46);6-17,20,24,28H,18-19,21-22H2,1-5H3,(H,40,44)/t26-,30?,37-;24-,28?,35-/m11/s1. The number of nitrogens with one attached hydrogen (secondary N) is 2. The second kappa shape index (κ2) is 33.4. The molecule has 0 saturated carbocycles. The van der Waals surface area contributed by atoms with E-state index < -0.39 is 121 Å². The van der Waals surface area contributed by atoms with Crippen LogP contribution in [0.15, 0.2) is 180 Å². The topological polar surface area (TPSA) is 236 Å². The molecule has 20 nitrogen and oxygen atoms in total. The van der Waals surface area contributed by atoms with Gasteiger partial charge in [0.15, 0.2) is 11.4 Å². The third kappa shape index (κ3) is 20.4. The van der Waals surface area contributed by atoms with Crippen molar-refractivity contribution >= 4 is 23.6 Å². The van der Waals surface area contributed by atoms with Crippen LogP contribution in [0.4, 0.5) is 47.3 Å². The smallest absolute Gasteiger partial charge is 0.426 e. The first-order chi connectivity index (χ1) is 47.4. The normalized spacial score (nSPS) is 17.0. The van der Waals surface area contributed by atoms with E-state index in [2.05, 4.69) is 54.2 Å². The summed E-state index contributed by atoms with van der Waals surface area (Å²) >= 11 is 0. The van der Waals surface area contributed by atoms with E-state index in [0.717, 1.165) is 17.2 Å².